The summed E-state index contributed by atoms with van der Waals surface area (Å²) >= 11 is 0. The van der Waals surface area contributed by atoms with Gasteiger partial charge in [0.25, 0.3) is 0 Å². The lowest BCUT2D eigenvalue weighted by Crippen LogP contribution is -2.47. The normalized spacial score (nSPS) is 26.2. The summed E-state index contributed by atoms with van der Waals surface area (Å²) in [6.45, 7) is 2.68. The molecule has 1 spiro atoms. The van der Waals surface area contributed by atoms with Crippen LogP contribution in [0, 0.1) is 0 Å². The van der Waals surface area contributed by atoms with E-state index < -0.39 is 17.5 Å². The number of rotatable bonds is 4. The van der Waals surface area contributed by atoms with Gasteiger partial charge >= 0.3 is 6.18 Å². The molecule has 5 nitrogen and oxygen atoms in total. The van der Waals surface area contributed by atoms with Crippen LogP contribution in [0.15, 0.2) is 48.5 Å². The average molecular weight is 418 g/mol. The Kier molecular flexibility index (Phi) is 4.52. The first-order valence-corrected chi connectivity index (χ1v) is 9.98. The molecule has 3 heterocycles. The van der Waals surface area contributed by atoms with E-state index in [9.17, 15) is 18.0 Å². The molecule has 2 atom stereocenters. The van der Waals surface area contributed by atoms with E-state index in [0.717, 1.165) is 30.7 Å². The first-order chi connectivity index (χ1) is 14.3. The highest BCUT2D eigenvalue weighted by molar-refractivity contribution is 5.81. The lowest BCUT2D eigenvalue weighted by atomic mass is 10.1. The maximum atomic E-state index is 12.9. The Balaban J connectivity index is 1.31. The molecule has 0 aliphatic carbocycles. The minimum Gasteiger partial charge on any atom is -0.457 e. The van der Waals surface area contributed by atoms with E-state index in [1.165, 1.54) is 12.1 Å². The SMILES string of the molecule is O=C1C[C@H]2N(Cc3cccc(Oc4cccc(C(F)(F)F)c4)c3)CC[C@]23OCCN13. The third-order valence-electron chi connectivity index (χ3n) is 6.19. The summed E-state index contributed by atoms with van der Waals surface area (Å²) in [7, 11) is 0. The maximum absolute atomic E-state index is 12.9. The van der Waals surface area contributed by atoms with Crippen LogP contribution in [0.2, 0.25) is 0 Å². The van der Waals surface area contributed by atoms with E-state index in [1.54, 1.807) is 6.07 Å². The quantitative estimate of drug-likeness (QED) is 0.752. The number of halogens is 3. The van der Waals surface area contributed by atoms with Crippen LogP contribution in [0.5, 0.6) is 11.5 Å². The number of amides is 1. The van der Waals surface area contributed by atoms with Crippen molar-refractivity contribution in [3.63, 3.8) is 0 Å². The van der Waals surface area contributed by atoms with Crippen LogP contribution in [-0.4, -0.2) is 47.2 Å². The molecule has 8 heteroatoms. The monoisotopic (exact) mass is 418 g/mol. The molecular weight excluding hydrogens is 397 g/mol. The maximum Gasteiger partial charge on any atom is 0.416 e. The third kappa shape index (κ3) is 3.24. The van der Waals surface area contributed by atoms with Crippen LogP contribution in [0.25, 0.3) is 0 Å². The number of likely N-dealkylation sites (tertiary alicyclic amines) is 1. The van der Waals surface area contributed by atoms with E-state index in [0.29, 0.717) is 31.9 Å². The van der Waals surface area contributed by atoms with Crippen molar-refractivity contribution in [1.82, 2.24) is 9.80 Å². The summed E-state index contributed by atoms with van der Waals surface area (Å²) in [6.07, 6.45) is -3.16. The summed E-state index contributed by atoms with van der Waals surface area (Å²) in [5.41, 5.74) is -0.255. The van der Waals surface area contributed by atoms with Crippen molar-refractivity contribution in [2.45, 2.75) is 37.3 Å². The van der Waals surface area contributed by atoms with Gasteiger partial charge in [-0.25, -0.2) is 0 Å². The van der Waals surface area contributed by atoms with E-state index in [-0.39, 0.29) is 17.7 Å². The fourth-order valence-corrected chi connectivity index (χ4v) is 4.88. The second-order valence-electron chi connectivity index (χ2n) is 7.95. The van der Waals surface area contributed by atoms with Gasteiger partial charge in [-0.2, -0.15) is 13.2 Å². The Labute approximate surface area is 172 Å². The molecule has 30 heavy (non-hydrogen) atoms. The molecule has 3 aliphatic heterocycles. The van der Waals surface area contributed by atoms with E-state index in [4.69, 9.17) is 9.47 Å². The average Bonchev–Trinajstić information content (AvgIpc) is 3.34. The Bertz CT molecular complexity index is 980. The molecule has 3 fully saturated rings. The number of ether oxygens (including phenoxy) is 2. The predicted molar refractivity (Wildman–Crippen MR) is 102 cm³/mol. The highest BCUT2D eigenvalue weighted by Gasteiger charge is 2.61. The third-order valence-corrected chi connectivity index (χ3v) is 6.19. The predicted octanol–water partition coefficient (Wildman–Crippen LogP) is 4.03. The minimum atomic E-state index is -4.41. The first-order valence-electron chi connectivity index (χ1n) is 9.98. The van der Waals surface area contributed by atoms with Gasteiger partial charge in [0.2, 0.25) is 5.91 Å². The van der Waals surface area contributed by atoms with Crippen LogP contribution >= 0.6 is 0 Å². The van der Waals surface area contributed by atoms with Crippen molar-refractivity contribution in [2.75, 3.05) is 19.7 Å². The molecule has 0 N–H and O–H groups in total. The molecule has 5 rings (SSSR count). The second kappa shape index (κ2) is 6.99. The molecule has 0 saturated carbocycles. The summed E-state index contributed by atoms with van der Waals surface area (Å²) in [4.78, 5) is 16.5. The summed E-state index contributed by atoms with van der Waals surface area (Å²) < 4.78 is 50.5. The van der Waals surface area contributed by atoms with Gasteiger partial charge in [0.05, 0.1) is 18.2 Å². The number of carbonyl (C=O) groups is 1. The number of hydrogen-bond donors (Lipinski definition) is 0. The number of nitrogens with zero attached hydrogens (tertiary/aromatic N) is 2. The van der Waals surface area contributed by atoms with Crippen LogP contribution in [0.3, 0.4) is 0 Å². The van der Waals surface area contributed by atoms with Crippen molar-refractivity contribution < 1.29 is 27.4 Å². The van der Waals surface area contributed by atoms with Crippen LogP contribution in [0.4, 0.5) is 13.2 Å². The number of benzene rings is 2. The Morgan fingerprint density at radius 2 is 1.87 bits per heavy atom. The fourth-order valence-electron chi connectivity index (χ4n) is 4.88. The van der Waals surface area contributed by atoms with Crippen molar-refractivity contribution in [3.05, 3.63) is 59.7 Å². The fraction of sp³-hybridized carbons (Fsp3) is 0.409. The van der Waals surface area contributed by atoms with Gasteiger partial charge in [-0.3, -0.25) is 9.69 Å². The van der Waals surface area contributed by atoms with E-state index in [2.05, 4.69) is 4.90 Å². The molecule has 1 amide bonds. The lowest BCUT2D eigenvalue weighted by molar-refractivity contribution is -0.138. The van der Waals surface area contributed by atoms with E-state index in [1.807, 2.05) is 23.1 Å². The zero-order valence-corrected chi connectivity index (χ0v) is 16.2. The molecule has 2 aromatic rings. The van der Waals surface area contributed by atoms with Crippen molar-refractivity contribution in [2.24, 2.45) is 0 Å². The molecule has 0 bridgehead atoms. The van der Waals surface area contributed by atoms with Gasteiger partial charge < -0.3 is 14.4 Å². The Morgan fingerprint density at radius 3 is 2.67 bits per heavy atom. The van der Waals surface area contributed by atoms with Gasteiger partial charge in [0.15, 0.2) is 5.72 Å². The number of hydrogen-bond acceptors (Lipinski definition) is 4. The zero-order valence-electron chi connectivity index (χ0n) is 16.2. The Morgan fingerprint density at radius 1 is 1.10 bits per heavy atom. The van der Waals surface area contributed by atoms with Crippen molar-refractivity contribution >= 4 is 5.91 Å². The van der Waals surface area contributed by atoms with Crippen molar-refractivity contribution in [3.8, 4) is 11.5 Å². The molecule has 0 aromatic heterocycles. The van der Waals surface area contributed by atoms with Gasteiger partial charge in [-0.05, 0) is 35.9 Å². The molecule has 0 radical (unpaired) electrons. The van der Waals surface area contributed by atoms with Gasteiger partial charge in [-0.15, -0.1) is 0 Å². The lowest BCUT2D eigenvalue weighted by Gasteiger charge is -2.31. The van der Waals surface area contributed by atoms with Gasteiger partial charge in [0, 0.05) is 32.5 Å². The summed E-state index contributed by atoms with van der Waals surface area (Å²) in [5, 5.41) is 0. The minimum absolute atomic E-state index is 0.0283. The first kappa shape index (κ1) is 19.4. The van der Waals surface area contributed by atoms with Crippen LogP contribution in [0.1, 0.15) is 24.0 Å². The summed E-state index contributed by atoms with van der Waals surface area (Å²) in [5.74, 6) is 0.754. The van der Waals surface area contributed by atoms with E-state index >= 15 is 0 Å². The van der Waals surface area contributed by atoms with Gasteiger partial charge in [0.1, 0.15) is 11.5 Å². The Hall–Kier alpha value is -2.58. The molecular formula is C22H21F3N2O3. The topological polar surface area (TPSA) is 42.0 Å². The molecule has 2 aromatic carbocycles. The highest BCUT2D eigenvalue weighted by atomic mass is 19.4. The van der Waals surface area contributed by atoms with Crippen molar-refractivity contribution in [1.29, 1.82) is 0 Å². The second-order valence-corrected chi connectivity index (χ2v) is 7.95. The standard InChI is InChI=1S/C22H21F3N2O3/c23-22(24,25)16-4-2-6-18(12-16)30-17-5-1-3-15(11-17)14-26-8-7-21-19(26)13-20(28)27(21)9-10-29-21/h1-6,11-12,19H,7-10,13-14H2/t19-,21+/m1/s1. The number of carbonyl (C=O) groups excluding carboxylic acids is 1. The van der Waals surface area contributed by atoms with Gasteiger partial charge in [-0.1, -0.05) is 18.2 Å². The molecule has 3 aliphatic rings. The number of alkyl halides is 3. The zero-order chi connectivity index (χ0) is 20.9. The summed E-state index contributed by atoms with van der Waals surface area (Å²) in [6, 6.07) is 12.2. The molecule has 158 valence electrons. The molecule has 0 unspecified atom stereocenters. The largest absolute Gasteiger partial charge is 0.457 e. The smallest absolute Gasteiger partial charge is 0.416 e. The van der Waals surface area contributed by atoms with Crippen LogP contribution < -0.4 is 4.74 Å². The highest BCUT2D eigenvalue weighted by Crippen LogP contribution is 2.46. The molecule has 3 saturated heterocycles. The van der Waals surface area contributed by atoms with Crippen LogP contribution in [-0.2, 0) is 22.3 Å².